The molecule has 0 fully saturated rings. The third kappa shape index (κ3) is 5.73. The minimum absolute atomic E-state index is 0. The first-order valence-electron chi connectivity index (χ1n) is 11.5. The Morgan fingerprint density at radius 1 is 1.08 bits per heavy atom. The molecule has 0 aliphatic heterocycles. The Kier molecular flexibility index (Phi) is 8.17. The number of rotatable bonds is 3. The number of nitrogens with zero attached hydrogens (tertiary/aromatic N) is 2. The number of pyridine rings is 2. The van der Waals surface area contributed by atoms with Gasteiger partial charge < -0.3 is 14.5 Å². The zero-order valence-corrected chi connectivity index (χ0v) is 23.9. The molecule has 4 heterocycles. The van der Waals surface area contributed by atoms with Crippen molar-refractivity contribution in [3.8, 4) is 21.7 Å². The summed E-state index contributed by atoms with van der Waals surface area (Å²) in [5, 5.41) is 11.4. The second-order valence-corrected chi connectivity index (χ2v) is 9.71. The maximum Gasteiger partial charge on any atom is 0.216 e. The predicted molar refractivity (Wildman–Crippen MR) is 146 cm³/mol. The van der Waals surface area contributed by atoms with Crippen LogP contribution in [0, 0.1) is 18.8 Å². The zero-order chi connectivity index (χ0) is 26.1. The fourth-order valence-corrected chi connectivity index (χ4v) is 5.10. The number of fused-ring (bicyclic) bond motifs is 4. The number of thiophene rings is 1. The van der Waals surface area contributed by atoms with Crippen molar-refractivity contribution in [2.45, 2.75) is 20.8 Å². The van der Waals surface area contributed by atoms with Crippen LogP contribution in [-0.4, -0.2) is 20.9 Å². The van der Waals surface area contributed by atoms with Crippen LogP contribution in [0.2, 0.25) is 0 Å². The number of furan rings is 1. The van der Waals surface area contributed by atoms with Gasteiger partial charge in [-0.05, 0) is 62.4 Å². The molecule has 5 nitrogen and oxygen atoms in total. The molecule has 0 unspecified atom stereocenters. The molecule has 0 spiro atoms. The number of benzene rings is 2. The van der Waals surface area contributed by atoms with Crippen LogP contribution >= 0.6 is 11.3 Å². The van der Waals surface area contributed by atoms with Gasteiger partial charge in [-0.25, -0.2) is 9.37 Å². The van der Waals surface area contributed by atoms with E-state index >= 15 is 0 Å². The first-order chi connectivity index (χ1) is 17.8. The molecule has 0 bridgehead atoms. The summed E-state index contributed by atoms with van der Waals surface area (Å²) in [5.74, 6) is -0.296. The van der Waals surface area contributed by atoms with Gasteiger partial charge in [0, 0.05) is 58.4 Å². The molecule has 0 amide bonds. The van der Waals surface area contributed by atoms with Crippen LogP contribution in [-0.2, 0) is 24.9 Å². The van der Waals surface area contributed by atoms with Crippen molar-refractivity contribution in [3.63, 3.8) is 0 Å². The number of aliphatic hydroxyl groups is 1. The van der Waals surface area contributed by atoms with Gasteiger partial charge in [0.2, 0.25) is 5.71 Å². The van der Waals surface area contributed by atoms with Crippen LogP contribution < -0.4 is 0 Å². The van der Waals surface area contributed by atoms with Gasteiger partial charge in [0.05, 0.1) is 11.3 Å². The maximum absolute atomic E-state index is 13.3. The molecule has 1 radical (unpaired) electrons. The van der Waals surface area contributed by atoms with E-state index in [9.17, 15) is 9.18 Å². The standard InChI is InChI=1S/C25H14FN2OS.C5H8O2.Ir/c1-14-5-10-19-18-3-2-4-20(24(18)29-25(19)28-14)21-12-23-16(13-27-21)11-22(30-23)15-6-8-17(26)9-7-15;1-4(6)3-5(2)7;/h2-3,5-13H,1H3;3,6H,1-2H3;/q-1;;/b;4-3-;. The number of aromatic nitrogens is 2. The molecular weight excluding hydrogens is 680 g/mol. The Balaban J connectivity index is 0.000000375. The van der Waals surface area contributed by atoms with Crippen LogP contribution in [0.4, 0.5) is 4.39 Å². The summed E-state index contributed by atoms with van der Waals surface area (Å²) < 4.78 is 20.5. The predicted octanol–water partition coefficient (Wildman–Crippen LogP) is 8.21. The second kappa shape index (κ2) is 11.4. The maximum atomic E-state index is 13.3. The molecule has 0 saturated carbocycles. The number of aliphatic hydroxyl groups excluding tert-OH is 1. The van der Waals surface area contributed by atoms with E-state index in [1.807, 2.05) is 37.4 Å². The van der Waals surface area contributed by atoms with E-state index in [-0.39, 0.29) is 37.5 Å². The van der Waals surface area contributed by atoms with Crippen molar-refractivity contribution in [2.24, 2.45) is 0 Å². The van der Waals surface area contributed by atoms with Crippen molar-refractivity contribution in [1.29, 1.82) is 0 Å². The average Bonchev–Trinajstić information content (AvgIpc) is 3.44. The Morgan fingerprint density at radius 2 is 1.84 bits per heavy atom. The minimum atomic E-state index is -0.233. The molecule has 2 aromatic carbocycles. The van der Waals surface area contributed by atoms with E-state index in [2.05, 4.69) is 28.2 Å². The third-order valence-electron chi connectivity index (χ3n) is 5.64. The zero-order valence-electron chi connectivity index (χ0n) is 20.7. The van der Waals surface area contributed by atoms with Crippen molar-refractivity contribution in [1.82, 2.24) is 9.97 Å². The van der Waals surface area contributed by atoms with E-state index in [0.29, 0.717) is 5.71 Å². The average molecular weight is 702 g/mol. The molecule has 0 saturated heterocycles. The molecule has 0 aliphatic rings. The molecule has 1 N–H and O–H groups in total. The van der Waals surface area contributed by atoms with Crippen LogP contribution in [0.1, 0.15) is 19.5 Å². The number of halogens is 1. The smallest absolute Gasteiger partial charge is 0.216 e. The first kappa shape index (κ1) is 27.3. The summed E-state index contributed by atoms with van der Waals surface area (Å²) in [6.45, 7) is 4.80. The third-order valence-corrected chi connectivity index (χ3v) is 6.78. The van der Waals surface area contributed by atoms with Crippen LogP contribution in [0.15, 0.2) is 83.1 Å². The van der Waals surface area contributed by atoms with Gasteiger partial charge in [0.15, 0.2) is 5.78 Å². The van der Waals surface area contributed by atoms with Crippen molar-refractivity contribution in [3.05, 3.63) is 96.3 Å². The number of allylic oxidation sites excluding steroid dienone is 2. The van der Waals surface area contributed by atoms with Gasteiger partial charge in [0.25, 0.3) is 0 Å². The van der Waals surface area contributed by atoms with Gasteiger partial charge in [-0.2, -0.15) is 0 Å². The van der Waals surface area contributed by atoms with Gasteiger partial charge in [-0.3, -0.25) is 4.79 Å². The molecule has 6 aromatic rings. The Hall–Kier alpha value is -3.71. The molecule has 4 aromatic heterocycles. The van der Waals surface area contributed by atoms with Gasteiger partial charge in [-0.1, -0.05) is 29.1 Å². The molecule has 6 rings (SSSR count). The summed E-state index contributed by atoms with van der Waals surface area (Å²) in [6.07, 6.45) is 3.03. The van der Waals surface area contributed by atoms with Gasteiger partial charge in [0.1, 0.15) is 5.82 Å². The first-order valence-corrected chi connectivity index (χ1v) is 12.3. The van der Waals surface area contributed by atoms with Crippen LogP contribution in [0.25, 0.3) is 53.9 Å². The molecule has 38 heavy (non-hydrogen) atoms. The number of hydrogen-bond acceptors (Lipinski definition) is 6. The molecule has 0 aliphatic carbocycles. The molecular formula is C30H22FIrN2O3S-. The van der Waals surface area contributed by atoms with Gasteiger partial charge in [-0.15, -0.1) is 29.5 Å². The summed E-state index contributed by atoms with van der Waals surface area (Å²) >= 11 is 1.66. The topological polar surface area (TPSA) is 76.2 Å². The Bertz CT molecular complexity index is 1800. The van der Waals surface area contributed by atoms with Crippen molar-refractivity contribution in [2.75, 3.05) is 0 Å². The number of aryl methyl sites for hydroxylation is 1. The fraction of sp³-hybridized carbons (Fsp3) is 0.100. The number of hydrogen-bond donors (Lipinski definition) is 1. The van der Waals surface area contributed by atoms with Crippen molar-refractivity contribution >= 4 is 49.3 Å². The molecule has 0 atom stereocenters. The Labute approximate surface area is 236 Å². The monoisotopic (exact) mass is 702 g/mol. The number of ketones is 1. The Morgan fingerprint density at radius 3 is 2.53 bits per heavy atom. The number of carbonyl (C=O) groups excluding carboxylic acids is 1. The minimum Gasteiger partial charge on any atom is -0.512 e. The van der Waals surface area contributed by atoms with E-state index in [0.717, 1.165) is 53.8 Å². The molecule has 193 valence electrons. The van der Waals surface area contributed by atoms with E-state index in [1.54, 1.807) is 23.5 Å². The summed E-state index contributed by atoms with van der Waals surface area (Å²) in [6, 6.07) is 21.9. The quantitative estimate of drug-likeness (QED) is 0.114. The summed E-state index contributed by atoms with van der Waals surface area (Å²) in [7, 11) is 0. The fourth-order valence-electron chi connectivity index (χ4n) is 4.03. The summed E-state index contributed by atoms with van der Waals surface area (Å²) in [4.78, 5) is 20.3. The van der Waals surface area contributed by atoms with E-state index in [4.69, 9.17) is 9.52 Å². The largest absolute Gasteiger partial charge is 0.512 e. The van der Waals surface area contributed by atoms with Crippen LogP contribution in [0.3, 0.4) is 0 Å². The van der Waals surface area contributed by atoms with Crippen LogP contribution in [0.5, 0.6) is 0 Å². The van der Waals surface area contributed by atoms with E-state index in [1.165, 1.54) is 32.1 Å². The number of carbonyl (C=O) groups is 1. The summed E-state index contributed by atoms with van der Waals surface area (Å²) in [5.41, 5.74) is 4.90. The van der Waals surface area contributed by atoms with Crippen molar-refractivity contribution < 1.29 is 38.8 Å². The normalized spacial score (nSPS) is 11.3. The molecule has 8 heteroatoms. The second-order valence-electron chi connectivity index (χ2n) is 8.62. The van der Waals surface area contributed by atoms with E-state index < -0.39 is 0 Å². The van der Waals surface area contributed by atoms with Gasteiger partial charge >= 0.3 is 0 Å². The SMILES string of the molecule is CC(=O)/C=C(/C)O.Cc1ccc2c(n1)oc1c(-c3cc4sc(-c5ccc(F)cc5)cc4cn3)[c-]ccc12.[Ir].